The van der Waals surface area contributed by atoms with Crippen LogP contribution in [0, 0.1) is 22.7 Å². The molecule has 4 rings (SSSR count). The second-order valence-corrected chi connectivity index (χ2v) is 9.62. The van der Waals surface area contributed by atoms with Crippen LogP contribution in [-0.4, -0.2) is 45.2 Å². The molecule has 1 heterocycles. The third-order valence-electron chi connectivity index (χ3n) is 8.08. The van der Waals surface area contributed by atoms with Crippen molar-refractivity contribution in [3.05, 3.63) is 30.2 Å². The summed E-state index contributed by atoms with van der Waals surface area (Å²) in [6.07, 6.45) is 0.0646. The van der Waals surface area contributed by atoms with Gasteiger partial charge in [0.1, 0.15) is 23.6 Å². The van der Waals surface area contributed by atoms with Crippen molar-refractivity contribution < 1.29 is 29.3 Å². The van der Waals surface area contributed by atoms with Gasteiger partial charge in [0, 0.05) is 30.2 Å². The summed E-state index contributed by atoms with van der Waals surface area (Å²) < 4.78 is 11.4. The van der Waals surface area contributed by atoms with Crippen molar-refractivity contribution in [3.63, 3.8) is 0 Å². The lowest BCUT2D eigenvalue weighted by atomic mass is 9.39. The van der Waals surface area contributed by atoms with E-state index < -0.39 is 46.6 Å². The zero-order valence-electron chi connectivity index (χ0n) is 16.9. The first kappa shape index (κ1) is 19.7. The van der Waals surface area contributed by atoms with Crippen LogP contribution in [0.4, 0.5) is 0 Å². The highest BCUT2D eigenvalue weighted by atomic mass is 16.5. The van der Waals surface area contributed by atoms with Crippen molar-refractivity contribution in [2.45, 2.75) is 70.9 Å². The molecule has 3 N–H and O–H groups in total. The molecule has 28 heavy (non-hydrogen) atoms. The number of hydrogen-bond donors (Lipinski definition) is 3. The Bertz CT molecular complexity index is 825. The van der Waals surface area contributed by atoms with Gasteiger partial charge in [0.05, 0.1) is 12.4 Å². The molecule has 0 saturated heterocycles. The Labute approximate surface area is 165 Å². The maximum absolute atomic E-state index is 12.1. The molecule has 6 heteroatoms. The van der Waals surface area contributed by atoms with Crippen LogP contribution in [0.25, 0.3) is 5.57 Å². The average Bonchev–Trinajstić information content (AvgIpc) is 3.09. The van der Waals surface area contributed by atoms with Crippen molar-refractivity contribution in [3.8, 4) is 0 Å². The zero-order valence-corrected chi connectivity index (χ0v) is 16.9. The van der Waals surface area contributed by atoms with Crippen molar-refractivity contribution in [2.24, 2.45) is 22.7 Å². The fourth-order valence-corrected chi connectivity index (χ4v) is 6.59. The Balaban J connectivity index is 1.94. The number of fused-ring (bicyclic) bond motifs is 4. The van der Waals surface area contributed by atoms with E-state index in [0.717, 1.165) is 11.3 Å². The van der Waals surface area contributed by atoms with Crippen LogP contribution >= 0.6 is 0 Å². The van der Waals surface area contributed by atoms with Crippen molar-refractivity contribution >= 4 is 11.5 Å². The number of rotatable bonds is 1. The molecule has 2 fully saturated rings. The summed E-state index contributed by atoms with van der Waals surface area (Å²) in [4.78, 5) is 11.9. The molecule has 0 radical (unpaired) electrons. The molecule has 6 nitrogen and oxygen atoms in total. The number of carbonyl (C=O) groups excluding carboxylic acids is 1. The molecule has 3 aliphatic carbocycles. The van der Waals surface area contributed by atoms with Crippen LogP contribution in [0.15, 0.2) is 23.3 Å². The third-order valence-corrected chi connectivity index (χ3v) is 8.08. The molecule has 0 bridgehead atoms. The van der Waals surface area contributed by atoms with E-state index in [1.165, 1.54) is 6.92 Å². The number of ether oxygens (including phenoxy) is 1. The van der Waals surface area contributed by atoms with Gasteiger partial charge in [0.25, 0.3) is 0 Å². The van der Waals surface area contributed by atoms with E-state index in [1.807, 2.05) is 26.8 Å². The Morgan fingerprint density at radius 3 is 2.64 bits per heavy atom. The van der Waals surface area contributed by atoms with E-state index in [4.69, 9.17) is 9.15 Å². The molecule has 154 valence electrons. The Hall–Kier alpha value is -1.63. The van der Waals surface area contributed by atoms with Gasteiger partial charge in [-0.2, -0.15) is 0 Å². The second kappa shape index (κ2) is 5.94. The molecule has 0 aliphatic heterocycles. The van der Waals surface area contributed by atoms with Gasteiger partial charge in [-0.15, -0.1) is 0 Å². The fourth-order valence-electron chi connectivity index (χ4n) is 6.59. The van der Waals surface area contributed by atoms with Crippen LogP contribution in [0.5, 0.6) is 0 Å². The van der Waals surface area contributed by atoms with E-state index >= 15 is 0 Å². The minimum Gasteiger partial charge on any atom is -0.469 e. The monoisotopic (exact) mass is 390 g/mol. The first-order valence-corrected chi connectivity index (χ1v) is 9.98. The van der Waals surface area contributed by atoms with E-state index in [-0.39, 0.29) is 5.92 Å². The van der Waals surface area contributed by atoms with Gasteiger partial charge in [-0.25, -0.2) is 0 Å². The van der Waals surface area contributed by atoms with Gasteiger partial charge in [0.2, 0.25) is 0 Å². The van der Waals surface area contributed by atoms with Gasteiger partial charge in [-0.05, 0) is 35.8 Å². The predicted octanol–water partition coefficient (Wildman–Crippen LogP) is 2.31. The molecule has 7 atom stereocenters. The SMILES string of the molecule is C=C1c2ccoc2C[C@H]2[C@H]1[C@@H](O)[C@H](O)[C@@]1(O)C(C)(C)CC[C@H](OC(C)=O)[C@]21C. The normalized spacial score (nSPS) is 44.2. The van der Waals surface area contributed by atoms with Gasteiger partial charge in [-0.3, -0.25) is 4.79 Å². The fraction of sp³-hybridized carbons (Fsp3) is 0.682. The number of aliphatic hydroxyl groups excluding tert-OH is 2. The lowest BCUT2D eigenvalue weighted by Gasteiger charge is -2.69. The maximum Gasteiger partial charge on any atom is 0.302 e. The summed E-state index contributed by atoms with van der Waals surface area (Å²) in [5.41, 5.74) is -1.78. The minimum absolute atomic E-state index is 0.300. The lowest BCUT2D eigenvalue weighted by Crippen LogP contribution is -2.79. The molecular weight excluding hydrogens is 360 g/mol. The lowest BCUT2D eigenvalue weighted by molar-refractivity contribution is -0.329. The standard InChI is InChI=1S/C22H30O6/c1-11-13-7-9-27-15(13)10-14-17(11)18(24)19(25)22(26)20(3,4)8-6-16(21(14,22)5)28-12(2)23/h7,9,14,16-19,24-26H,1,6,8,10H2,2-5H3/t14-,16-,17-,18+,19-,21-,22+/m0/s1. The van der Waals surface area contributed by atoms with Crippen LogP contribution in [-0.2, 0) is 16.0 Å². The average molecular weight is 390 g/mol. The van der Waals surface area contributed by atoms with E-state index in [0.29, 0.717) is 24.8 Å². The summed E-state index contributed by atoms with van der Waals surface area (Å²) in [5, 5.41) is 34.4. The van der Waals surface area contributed by atoms with Crippen molar-refractivity contribution in [2.75, 3.05) is 0 Å². The van der Waals surface area contributed by atoms with Crippen LogP contribution < -0.4 is 0 Å². The molecule has 1 aromatic heterocycles. The third kappa shape index (κ3) is 2.17. The van der Waals surface area contributed by atoms with Crippen molar-refractivity contribution in [1.29, 1.82) is 0 Å². The first-order chi connectivity index (χ1) is 13.0. The van der Waals surface area contributed by atoms with Gasteiger partial charge >= 0.3 is 5.97 Å². The first-order valence-electron chi connectivity index (χ1n) is 9.98. The molecule has 2 saturated carbocycles. The number of furan rings is 1. The van der Waals surface area contributed by atoms with Crippen molar-refractivity contribution in [1.82, 2.24) is 0 Å². The maximum atomic E-state index is 12.1. The number of esters is 1. The van der Waals surface area contributed by atoms with E-state index in [2.05, 4.69) is 6.58 Å². The van der Waals surface area contributed by atoms with Gasteiger partial charge in [-0.1, -0.05) is 27.4 Å². The molecule has 0 amide bonds. The molecule has 3 aliphatic rings. The Kier molecular flexibility index (Phi) is 4.17. The number of carbonyl (C=O) groups is 1. The minimum atomic E-state index is -1.65. The number of aliphatic hydroxyl groups is 3. The van der Waals surface area contributed by atoms with E-state index in [1.54, 1.807) is 6.26 Å². The second-order valence-electron chi connectivity index (χ2n) is 9.62. The summed E-state index contributed by atoms with van der Waals surface area (Å²) in [6.45, 7) is 11.2. The molecule has 0 unspecified atom stereocenters. The summed E-state index contributed by atoms with van der Waals surface area (Å²) in [7, 11) is 0. The Morgan fingerprint density at radius 1 is 1.32 bits per heavy atom. The van der Waals surface area contributed by atoms with Crippen LogP contribution in [0.3, 0.4) is 0 Å². The predicted molar refractivity (Wildman–Crippen MR) is 102 cm³/mol. The Morgan fingerprint density at radius 2 is 2.00 bits per heavy atom. The molecule has 0 aromatic carbocycles. The summed E-state index contributed by atoms with van der Waals surface area (Å²) >= 11 is 0. The molecular formula is C22H30O6. The smallest absolute Gasteiger partial charge is 0.302 e. The highest BCUT2D eigenvalue weighted by Crippen LogP contribution is 2.67. The van der Waals surface area contributed by atoms with Gasteiger partial charge < -0.3 is 24.5 Å². The van der Waals surface area contributed by atoms with E-state index in [9.17, 15) is 20.1 Å². The highest BCUT2D eigenvalue weighted by Gasteiger charge is 2.74. The quantitative estimate of drug-likeness (QED) is 0.636. The van der Waals surface area contributed by atoms with Crippen LogP contribution in [0.1, 0.15) is 51.9 Å². The summed E-state index contributed by atoms with van der Waals surface area (Å²) in [6, 6.07) is 1.82. The zero-order chi connectivity index (χ0) is 20.6. The van der Waals surface area contributed by atoms with Gasteiger partial charge in [0.15, 0.2) is 0 Å². The number of hydrogen-bond acceptors (Lipinski definition) is 6. The molecule has 0 spiro atoms. The highest BCUT2D eigenvalue weighted by molar-refractivity contribution is 5.70. The van der Waals surface area contributed by atoms with Crippen LogP contribution in [0.2, 0.25) is 0 Å². The largest absolute Gasteiger partial charge is 0.469 e. The topological polar surface area (TPSA) is 100 Å². The summed E-state index contributed by atoms with van der Waals surface area (Å²) in [5.74, 6) is -0.426. The molecule has 1 aromatic rings.